The van der Waals surface area contributed by atoms with Gasteiger partial charge in [-0.05, 0) is 30.5 Å². The van der Waals surface area contributed by atoms with Gasteiger partial charge in [0, 0.05) is 6.42 Å². The fraction of sp³-hybridized carbons (Fsp3) is 0.471. The molecule has 0 fully saturated rings. The molecular formula is C17H20F3N3O6S. The normalized spacial score (nSPS) is 13.4. The van der Waals surface area contributed by atoms with Crippen LogP contribution in [0.2, 0.25) is 0 Å². The number of fused-ring (bicyclic) bond motifs is 1. The molecule has 30 heavy (non-hydrogen) atoms. The van der Waals surface area contributed by atoms with Gasteiger partial charge in [0.1, 0.15) is 11.5 Å². The summed E-state index contributed by atoms with van der Waals surface area (Å²) in [5, 5.41) is 9.50. The Bertz CT molecular complexity index is 1180. The second-order valence-electron chi connectivity index (χ2n) is 6.62. The Kier molecular flexibility index (Phi) is 6.76. The van der Waals surface area contributed by atoms with Gasteiger partial charge in [0.2, 0.25) is 0 Å². The molecule has 0 bridgehead atoms. The molecule has 2 rings (SSSR count). The van der Waals surface area contributed by atoms with Crippen molar-refractivity contribution in [3.8, 4) is 0 Å². The number of hydrogen-bond acceptors (Lipinski definition) is 6. The van der Waals surface area contributed by atoms with Crippen LogP contribution in [-0.4, -0.2) is 34.7 Å². The minimum absolute atomic E-state index is 0.0254. The number of ketones is 1. The first kappa shape index (κ1) is 23.6. The Balaban J connectivity index is 2.67. The van der Waals surface area contributed by atoms with Crippen molar-refractivity contribution in [2.75, 3.05) is 10.6 Å². The highest BCUT2D eigenvalue weighted by Gasteiger charge is 2.35. The maximum absolute atomic E-state index is 13.3. The number of nitrogens with one attached hydrogen (secondary N) is 2. The van der Waals surface area contributed by atoms with E-state index in [9.17, 15) is 41.1 Å². The van der Waals surface area contributed by atoms with E-state index in [1.54, 1.807) is 11.8 Å². The lowest BCUT2D eigenvalue weighted by Gasteiger charge is -2.18. The number of nitrogens with zero attached hydrogens (tertiary/aromatic N) is 1. The molecule has 0 aliphatic rings. The molecule has 1 aromatic heterocycles. The number of aromatic amines is 1. The average Bonchev–Trinajstić information content (AvgIpc) is 2.62. The molecule has 0 aliphatic heterocycles. The summed E-state index contributed by atoms with van der Waals surface area (Å²) in [6.45, 7) is 3.09. The number of halogens is 3. The first-order valence-corrected chi connectivity index (χ1v) is 10.6. The second kappa shape index (κ2) is 8.60. The zero-order valence-corrected chi connectivity index (χ0v) is 16.9. The van der Waals surface area contributed by atoms with Crippen LogP contribution in [0.1, 0.15) is 50.3 Å². The highest BCUT2D eigenvalue weighted by molar-refractivity contribution is 7.93. The third kappa shape index (κ3) is 5.08. The summed E-state index contributed by atoms with van der Waals surface area (Å²) < 4.78 is 64.3. The standard InChI is InChI=1S/C17H20F3N3O6S/c1-3-5-9(24)8-30(28,29)22-23-15(26)11-6-10(14(25)4-2)12(17(18,19)20)7-13(11)21-16(23)27/h6-7,14,22,25H,3-5,8H2,1-2H3,(H,21,27). The Morgan fingerprint density at radius 3 is 2.43 bits per heavy atom. The predicted molar refractivity (Wildman–Crippen MR) is 102 cm³/mol. The fourth-order valence-corrected chi connectivity index (χ4v) is 3.92. The number of sulfonamides is 1. The maximum Gasteiger partial charge on any atom is 0.416 e. The molecule has 0 spiro atoms. The first-order chi connectivity index (χ1) is 13.8. The van der Waals surface area contributed by atoms with E-state index in [1.807, 2.05) is 4.98 Å². The molecule has 166 valence electrons. The van der Waals surface area contributed by atoms with E-state index >= 15 is 0 Å². The van der Waals surface area contributed by atoms with Gasteiger partial charge in [0.05, 0.1) is 22.6 Å². The minimum Gasteiger partial charge on any atom is -0.388 e. The summed E-state index contributed by atoms with van der Waals surface area (Å²) in [6.07, 6.45) is -6.13. The number of H-pyrrole nitrogens is 1. The van der Waals surface area contributed by atoms with Crippen LogP contribution in [0.15, 0.2) is 21.7 Å². The van der Waals surface area contributed by atoms with Crippen LogP contribution >= 0.6 is 0 Å². The van der Waals surface area contributed by atoms with Crippen molar-refractivity contribution >= 4 is 26.7 Å². The zero-order chi connectivity index (χ0) is 22.9. The van der Waals surface area contributed by atoms with Crippen molar-refractivity contribution in [1.82, 2.24) is 9.66 Å². The van der Waals surface area contributed by atoms with Crippen molar-refractivity contribution in [3.63, 3.8) is 0 Å². The number of aromatic nitrogens is 2. The molecular weight excluding hydrogens is 431 g/mol. The Morgan fingerprint density at radius 1 is 1.27 bits per heavy atom. The summed E-state index contributed by atoms with van der Waals surface area (Å²) in [5.41, 5.74) is -4.89. The molecule has 9 nitrogen and oxygen atoms in total. The number of hydrogen-bond donors (Lipinski definition) is 3. The highest BCUT2D eigenvalue weighted by atomic mass is 32.2. The van der Waals surface area contributed by atoms with Gasteiger partial charge in [0.25, 0.3) is 15.6 Å². The van der Waals surface area contributed by atoms with Crippen molar-refractivity contribution in [3.05, 3.63) is 44.1 Å². The van der Waals surface area contributed by atoms with Crippen LogP contribution in [0.4, 0.5) is 13.2 Å². The lowest BCUT2D eigenvalue weighted by atomic mass is 9.98. The molecule has 0 amide bonds. The van der Waals surface area contributed by atoms with Crippen molar-refractivity contribution in [2.45, 2.75) is 45.4 Å². The van der Waals surface area contributed by atoms with Crippen LogP contribution in [-0.2, 0) is 21.0 Å². The molecule has 2 aromatic rings. The fourth-order valence-electron chi connectivity index (χ4n) is 2.84. The van der Waals surface area contributed by atoms with Gasteiger partial charge in [-0.25, -0.2) is 18.0 Å². The van der Waals surface area contributed by atoms with E-state index in [0.717, 1.165) is 6.07 Å². The Morgan fingerprint density at radius 2 is 1.90 bits per heavy atom. The van der Waals surface area contributed by atoms with E-state index in [-0.39, 0.29) is 17.5 Å². The number of alkyl halides is 3. The number of aliphatic hydroxyl groups excluding tert-OH is 1. The van der Waals surface area contributed by atoms with Gasteiger partial charge in [0.15, 0.2) is 0 Å². The third-order valence-electron chi connectivity index (χ3n) is 4.23. The lowest BCUT2D eigenvalue weighted by molar-refractivity contribution is -0.139. The topological polar surface area (TPSA) is 138 Å². The summed E-state index contributed by atoms with van der Waals surface area (Å²) in [7, 11) is -4.42. The van der Waals surface area contributed by atoms with Crippen molar-refractivity contribution < 1.29 is 31.5 Å². The predicted octanol–water partition coefficient (Wildman–Crippen LogP) is 1.39. The smallest absolute Gasteiger partial charge is 0.388 e. The minimum atomic E-state index is -4.87. The maximum atomic E-state index is 13.3. The molecule has 0 saturated carbocycles. The molecule has 0 radical (unpaired) electrons. The van der Waals surface area contributed by atoms with Gasteiger partial charge >= 0.3 is 11.9 Å². The second-order valence-corrected chi connectivity index (χ2v) is 8.32. The monoisotopic (exact) mass is 451 g/mol. The number of benzene rings is 1. The van der Waals surface area contributed by atoms with Crippen LogP contribution < -0.4 is 16.1 Å². The van der Waals surface area contributed by atoms with E-state index in [4.69, 9.17) is 0 Å². The number of carbonyl (C=O) groups is 1. The van der Waals surface area contributed by atoms with Crippen LogP contribution in [0, 0.1) is 0 Å². The van der Waals surface area contributed by atoms with Gasteiger partial charge in [-0.1, -0.05) is 13.8 Å². The molecule has 3 N–H and O–H groups in total. The van der Waals surface area contributed by atoms with Gasteiger partial charge in [-0.15, -0.1) is 0 Å². The van der Waals surface area contributed by atoms with Gasteiger partial charge in [-0.3, -0.25) is 9.59 Å². The van der Waals surface area contributed by atoms with Gasteiger partial charge in [-0.2, -0.15) is 17.8 Å². The zero-order valence-electron chi connectivity index (χ0n) is 16.0. The number of carbonyl (C=O) groups excluding carboxylic acids is 1. The van der Waals surface area contributed by atoms with Crippen LogP contribution in [0.25, 0.3) is 10.9 Å². The Labute approximate surface area is 168 Å². The summed E-state index contributed by atoms with van der Waals surface area (Å²) in [6, 6.07) is 1.27. The molecule has 1 unspecified atom stereocenters. The number of aliphatic hydroxyl groups is 1. The Hall–Kier alpha value is -2.67. The van der Waals surface area contributed by atoms with Crippen LogP contribution in [0.5, 0.6) is 0 Å². The molecule has 1 aromatic carbocycles. The molecule has 1 atom stereocenters. The quantitative estimate of drug-likeness (QED) is 0.555. The van der Waals surface area contributed by atoms with E-state index in [0.29, 0.717) is 12.5 Å². The van der Waals surface area contributed by atoms with E-state index < -0.39 is 67.1 Å². The lowest BCUT2D eigenvalue weighted by Crippen LogP contribution is -2.45. The third-order valence-corrected chi connectivity index (χ3v) is 5.39. The number of Topliss-reactive ketones (excluding diaryl/α,β-unsaturated/α-hetero) is 1. The summed E-state index contributed by atoms with van der Waals surface area (Å²) >= 11 is 0. The van der Waals surface area contributed by atoms with Crippen molar-refractivity contribution in [1.29, 1.82) is 0 Å². The highest BCUT2D eigenvalue weighted by Crippen LogP contribution is 2.36. The summed E-state index contributed by atoms with van der Waals surface area (Å²) in [5.74, 6) is -1.61. The van der Waals surface area contributed by atoms with E-state index in [2.05, 4.69) is 0 Å². The molecule has 1 heterocycles. The van der Waals surface area contributed by atoms with E-state index in [1.165, 1.54) is 6.92 Å². The molecule has 0 saturated heterocycles. The largest absolute Gasteiger partial charge is 0.416 e. The summed E-state index contributed by atoms with van der Waals surface area (Å²) in [4.78, 5) is 40.0. The SMILES string of the molecule is CCCC(=O)CS(=O)(=O)Nn1c(=O)[nH]c2cc(C(F)(F)F)c(C(O)CC)cc2c1=O. The van der Waals surface area contributed by atoms with Gasteiger partial charge < -0.3 is 10.1 Å². The van der Waals surface area contributed by atoms with Crippen LogP contribution in [0.3, 0.4) is 0 Å². The average molecular weight is 451 g/mol. The number of rotatable bonds is 8. The molecule has 13 heteroatoms. The first-order valence-electron chi connectivity index (χ1n) is 8.91. The molecule has 0 aliphatic carbocycles. The van der Waals surface area contributed by atoms with Crippen molar-refractivity contribution in [2.24, 2.45) is 0 Å².